The van der Waals surface area contributed by atoms with Crippen molar-refractivity contribution in [2.45, 2.75) is 12.0 Å². The number of halogens is 1. The molecule has 0 radical (unpaired) electrons. The van der Waals surface area contributed by atoms with E-state index < -0.39 is 5.54 Å². The van der Waals surface area contributed by atoms with Crippen molar-refractivity contribution in [1.29, 1.82) is 0 Å². The van der Waals surface area contributed by atoms with E-state index in [0.717, 1.165) is 4.47 Å². The fourth-order valence-electron chi connectivity index (χ4n) is 1.73. The standard InChI is InChI=1S/C12H15BrN2O3/c1-17-8-2-3-9(13)10(6-8)15-11(16)12(14)4-5-18-7-12/h2-3,6H,4-5,7,14H2,1H3,(H,15,16). The predicted molar refractivity (Wildman–Crippen MR) is 71.7 cm³/mol. The van der Waals surface area contributed by atoms with Crippen LogP contribution in [0.1, 0.15) is 6.42 Å². The number of carbonyl (C=O) groups is 1. The summed E-state index contributed by atoms with van der Waals surface area (Å²) in [6, 6.07) is 5.35. The van der Waals surface area contributed by atoms with Gasteiger partial charge < -0.3 is 20.5 Å². The van der Waals surface area contributed by atoms with Crippen molar-refractivity contribution in [2.75, 3.05) is 25.6 Å². The van der Waals surface area contributed by atoms with E-state index in [1.807, 2.05) is 6.07 Å². The molecule has 3 N–H and O–H groups in total. The number of anilines is 1. The maximum absolute atomic E-state index is 12.1. The van der Waals surface area contributed by atoms with Gasteiger partial charge in [0, 0.05) is 17.1 Å². The zero-order valence-corrected chi connectivity index (χ0v) is 11.6. The van der Waals surface area contributed by atoms with Gasteiger partial charge in [-0.05, 0) is 34.5 Å². The summed E-state index contributed by atoms with van der Waals surface area (Å²) in [7, 11) is 1.57. The van der Waals surface area contributed by atoms with Gasteiger partial charge in [-0.2, -0.15) is 0 Å². The molecule has 1 atom stereocenters. The van der Waals surface area contributed by atoms with E-state index in [4.69, 9.17) is 15.2 Å². The van der Waals surface area contributed by atoms with E-state index in [0.29, 0.717) is 24.5 Å². The van der Waals surface area contributed by atoms with Gasteiger partial charge in [0.1, 0.15) is 11.3 Å². The Balaban J connectivity index is 2.16. The van der Waals surface area contributed by atoms with Crippen molar-refractivity contribution >= 4 is 27.5 Å². The number of nitrogens with one attached hydrogen (secondary N) is 1. The summed E-state index contributed by atoms with van der Waals surface area (Å²) >= 11 is 3.37. The molecule has 1 aliphatic rings. The molecule has 0 spiro atoms. The molecule has 6 heteroatoms. The van der Waals surface area contributed by atoms with Crippen molar-refractivity contribution in [3.05, 3.63) is 22.7 Å². The zero-order chi connectivity index (χ0) is 13.2. The summed E-state index contributed by atoms with van der Waals surface area (Å²) in [5, 5.41) is 2.80. The summed E-state index contributed by atoms with van der Waals surface area (Å²) < 4.78 is 11.1. The summed E-state index contributed by atoms with van der Waals surface area (Å²) in [5.74, 6) is 0.427. The van der Waals surface area contributed by atoms with Gasteiger partial charge in [-0.1, -0.05) is 0 Å². The molecule has 1 aromatic rings. The van der Waals surface area contributed by atoms with Crippen LogP contribution in [-0.4, -0.2) is 31.8 Å². The fourth-order valence-corrected chi connectivity index (χ4v) is 2.08. The maximum atomic E-state index is 12.1. The first-order valence-corrected chi connectivity index (χ1v) is 6.36. The number of methoxy groups -OCH3 is 1. The van der Waals surface area contributed by atoms with Gasteiger partial charge in [0.05, 0.1) is 19.4 Å². The minimum Gasteiger partial charge on any atom is -0.497 e. The molecule has 1 heterocycles. The highest BCUT2D eigenvalue weighted by atomic mass is 79.9. The van der Waals surface area contributed by atoms with Crippen molar-refractivity contribution in [2.24, 2.45) is 5.73 Å². The predicted octanol–water partition coefficient (Wildman–Crippen LogP) is 1.51. The van der Waals surface area contributed by atoms with Gasteiger partial charge in [0.25, 0.3) is 0 Å². The smallest absolute Gasteiger partial charge is 0.246 e. The lowest BCUT2D eigenvalue weighted by molar-refractivity contribution is -0.121. The van der Waals surface area contributed by atoms with Crippen LogP contribution in [0.25, 0.3) is 0 Å². The van der Waals surface area contributed by atoms with Crippen molar-refractivity contribution < 1.29 is 14.3 Å². The van der Waals surface area contributed by atoms with Crippen LogP contribution in [0.4, 0.5) is 5.69 Å². The average molecular weight is 315 g/mol. The number of benzene rings is 1. The lowest BCUT2D eigenvalue weighted by Gasteiger charge is -2.21. The molecular formula is C12H15BrN2O3. The average Bonchev–Trinajstić information content (AvgIpc) is 2.80. The molecule has 1 aliphatic heterocycles. The molecule has 5 nitrogen and oxygen atoms in total. The molecule has 0 bridgehead atoms. The molecule has 98 valence electrons. The number of amides is 1. The third kappa shape index (κ3) is 2.66. The number of ether oxygens (including phenoxy) is 2. The van der Waals surface area contributed by atoms with Crippen LogP contribution in [0.5, 0.6) is 5.75 Å². The molecule has 0 saturated carbocycles. The molecule has 0 aromatic heterocycles. The van der Waals surface area contributed by atoms with Crippen LogP contribution in [0, 0.1) is 0 Å². The monoisotopic (exact) mass is 314 g/mol. The van der Waals surface area contributed by atoms with E-state index >= 15 is 0 Å². The maximum Gasteiger partial charge on any atom is 0.246 e. The molecular weight excluding hydrogens is 300 g/mol. The Kier molecular flexibility index (Phi) is 3.89. The first-order chi connectivity index (χ1) is 8.55. The van der Waals surface area contributed by atoms with Gasteiger partial charge in [0.2, 0.25) is 5.91 Å². The van der Waals surface area contributed by atoms with Crippen LogP contribution in [-0.2, 0) is 9.53 Å². The Bertz CT molecular complexity index is 459. The molecule has 0 aliphatic carbocycles. The molecule has 1 amide bonds. The highest BCUT2D eigenvalue weighted by Gasteiger charge is 2.38. The lowest BCUT2D eigenvalue weighted by Crippen LogP contribution is -2.51. The minimum atomic E-state index is -0.942. The van der Waals surface area contributed by atoms with Gasteiger partial charge >= 0.3 is 0 Å². The Labute approximate surface area is 114 Å². The summed E-state index contributed by atoms with van der Waals surface area (Å²) in [4.78, 5) is 12.1. The Morgan fingerprint density at radius 1 is 1.61 bits per heavy atom. The van der Waals surface area contributed by atoms with Crippen LogP contribution < -0.4 is 15.8 Å². The molecule has 2 rings (SSSR count). The van der Waals surface area contributed by atoms with E-state index in [9.17, 15) is 4.79 Å². The van der Waals surface area contributed by atoms with E-state index in [2.05, 4.69) is 21.2 Å². The molecule has 1 aromatic carbocycles. The van der Waals surface area contributed by atoms with Crippen molar-refractivity contribution in [1.82, 2.24) is 0 Å². The first kappa shape index (κ1) is 13.3. The van der Waals surface area contributed by atoms with Crippen LogP contribution >= 0.6 is 15.9 Å². The Morgan fingerprint density at radius 2 is 2.39 bits per heavy atom. The Hall–Kier alpha value is -1.11. The second-order valence-corrected chi connectivity index (χ2v) is 5.11. The van der Waals surface area contributed by atoms with E-state index in [1.54, 1.807) is 19.2 Å². The third-order valence-corrected chi connectivity index (χ3v) is 3.62. The normalized spacial score (nSPS) is 22.8. The first-order valence-electron chi connectivity index (χ1n) is 5.57. The largest absolute Gasteiger partial charge is 0.497 e. The van der Waals surface area contributed by atoms with Crippen LogP contribution in [0.15, 0.2) is 22.7 Å². The molecule has 1 unspecified atom stereocenters. The number of carbonyl (C=O) groups excluding carboxylic acids is 1. The Morgan fingerprint density at radius 3 is 3.00 bits per heavy atom. The SMILES string of the molecule is COc1ccc(Br)c(NC(=O)C2(N)CCOC2)c1. The number of rotatable bonds is 3. The van der Waals surface area contributed by atoms with Gasteiger partial charge in [0.15, 0.2) is 0 Å². The van der Waals surface area contributed by atoms with Gasteiger partial charge in [-0.15, -0.1) is 0 Å². The number of hydrogen-bond donors (Lipinski definition) is 2. The van der Waals surface area contributed by atoms with E-state index in [1.165, 1.54) is 0 Å². The second-order valence-electron chi connectivity index (χ2n) is 4.26. The van der Waals surface area contributed by atoms with Crippen molar-refractivity contribution in [3.63, 3.8) is 0 Å². The quantitative estimate of drug-likeness (QED) is 0.887. The van der Waals surface area contributed by atoms with Crippen LogP contribution in [0.2, 0.25) is 0 Å². The van der Waals surface area contributed by atoms with E-state index in [-0.39, 0.29) is 12.5 Å². The molecule has 1 fully saturated rings. The van der Waals surface area contributed by atoms with Crippen molar-refractivity contribution in [3.8, 4) is 5.75 Å². The second kappa shape index (κ2) is 5.26. The summed E-state index contributed by atoms with van der Waals surface area (Å²) in [6.45, 7) is 0.767. The van der Waals surface area contributed by atoms with Gasteiger partial charge in [-0.3, -0.25) is 4.79 Å². The molecule has 1 saturated heterocycles. The van der Waals surface area contributed by atoms with Crippen LogP contribution in [0.3, 0.4) is 0 Å². The topological polar surface area (TPSA) is 73.6 Å². The third-order valence-electron chi connectivity index (χ3n) is 2.93. The molecule has 18 heavy (non-hydrogen) atoms. The van der Waals surface area contributed by atoms with Gasteiger partial charge in [-0.25, -0.2) is 0 Å². The number of nitrogens with two attached hydrogens (primary N) is 1. The highest BCUT2D eigenvalue weighted by molar-refractivity contribution is 9.10. The highest BCUT2D eigenvalue weighted by Crippen LogP contribution is 2.28. The summed E-state index contributed by atoms with van der Waals surface area (Å²) in [5.41, 5.74) is 5.68. The lowest BCUT2D eigenvalue weighted by atomic mass is 9.99. The fraction of sp³-hybridized carbons (Fsp3) is 0.417. The zero-order valence-electron chi connectivity index (χ0n) is 10.0. The summed E-state index contributed by atoms with van der Waals surface area (Å²) in [6.07, 6.45) is 0.528. The minimum absolute atomic E-state index is 0.242. The number of hydrogen-bond acceptors (Lipinski definition) is 4.